The Morgan fingerprint density at radius 3 is 2.65 bits per heavy atom. The SMILES string of the molecule is CCC.COc1ncnc(C2CC2)c1-c1ncc2cn[nH]c2n1. The van der Waals surface area contributed by atoms with Gasteiger partial charge in [-0.25, -0.2) is 19.9 Å². The summed E-state index contributed by atoms with van der Waals surface area (Å²) < 4.78 is 5.35. The van der Waals surface area contributed by atoms with E-state index in [0.717, 1.165) is 29.5 Å². The highest BCUT2D eigenvalue weighted by atomic mass is 16.5. The number of nitrogens with one attached hydrogen (secondary N) is 1. The Morgan fingerprint density at radius 2 is 1.96 bits per heavy atom. The summed E-state index contributed by atoms with van der Waals surface area (Å²) in [4.78, 5) is 17.5. The first-order valence-electron chi connectivity index (χ1n) is 7.83. The lowest BCUT2D eigenvalue weighted by Crippen LogP contribution is -2.02. The van der Waals surface area contributed by atoms with Gasteiger partial charge in [0.15, 0.2) is 11.5 Å². The number of rotatable bonds is 3. The minimum atomic E-state index is 0.461. The summed E-state index contributed by atoms with van der Waals surface area (Å²) in [6.07, 6.45) is 8.49. The van der Waals surface area contributed by atoms with Crippen molar-refractivity contribution < 1.29 is 4.74 Å². The monoisotopic (exact) mass is 312 g/mol. The van der Waals surface area contributed by atoms with Crippen LogP contribution >= 0.6 is 0 Å². The fourth-order valence-corrected chi connectivity index (χ4v) is 2.27. The molecular formula is C16H20N6O. The summed E-state index contributed by atoms with van der Waals surface area (Å²) in [6, 6.07) is 0. The third-order valence-corrected chi connectivity index (χ3v) is 3.41. The van der Waals surface area contributed by atoms with E-state index in [9.17, 15) is 0 Å². The minimum Gasteiger partial charge on any atom is -0.480 e. The zero-order valence-corrected chi connectivity index (χ0v) is 13.6. The number of hydrogen-bond donors (Lipinski definition) is 1. The molecule has 1 aliphatic rings. The van der Waals surface area contributed by atoms with Gasteiger partial charge in [-0.05, 0) is 12.8 Å². The summed E-state index contributed by atoms with van der Waals surface area (Å²) in [5.41, 5.74) is 2.45. The predicted octanol–water partition coefficient (Wildman–Crippen LogP) is 3.11. The number of aromatic nitrogens is 6. The van der Waals surface area contributed by atoms with Crippen molar-refractivity contribution in [1.29, 1.82) is 0 Å². The smallest absolute Gasteiger partial charge is 0.227 e. The Bertz CT molecular complexity index is 796. The van der Waals surface area contributed by atoms with Gasteiger partial charge in [0.2, 0.25) is 5.88 Å². The van der Waals surface area contributed by atoms with Crippen LogP contribution < -0.4 is 4.74 Å². The van der Waals surface area contributed by atoms with Crippen LogP contribution in [0.1, 0.15) is 44.7 Å². The maximum atomic E-state index is 5.35. The molecule has 4 rings (SSSR count). The number of fused-ring (bicyclic) bond motifs is 1. The standard InChI is InChI=1S/C13H12N6O.C3H8/c1-20-13-9(10(7-2-3-7)15-6-16-13)12-14-4-8-5-17-19-11(8)18-12;1-3-2/h4-7H,2-3H2,1H3,(H,14,17,18,19);3H2,1-2H3. The second-order valence-corrected chi connectivity index (χ2v) is 5.49. The fraction of sp³-hybridized carbons (Fsp3) is 0.438. The third kappa shape index (κ3) is 3.13. The molecule has 0 aliphatic heterocycles. The molecule has 0 amide bonds. The van der Waals surface area contributed by atoms with Gasteiger partial charge in [-0.3, -0.25) is 5.10 Å². The molecule has 0 spiro atoms. The summed E-state index contributed by atoms with van der Waals surface area (Å²) >= 11 is 0. The van der Waals surface area contributed by atoms with Crippen LogP contribution in [-0.4, -0.2) is 37.2 Å². The topological polar surface area (TPSA) is 89.5 Å². The number of H-pyrrole nitrogens is 1. The number of methoxy groups -OCH3 is 1. The van der Waals surface area contributed by atoms with Gasteiger partial charge in [0.25, 0.3) is 0 Å². The molecule has 3 aromatic heterocycles. The van der Waals surface area contributed by atoms with Crippen molar-refractivity contribution in [3.05, 3.63) is 24.4 Å². The number of nitrogens with zero attached hydrogens (tertiary/aromatic N) is 5. The number of hydrogen-bond acceptors (Lipinski definition) is 6. The molecule has 23 heavy (non-hydrogen) atoms. The Labute approximate surface area is 134 Å². The van der Waals surface area contributed by atoms with E-state index in [0.29, 0.717) is 23.3 Å². The predicted molar refractivity (Wildman–Crippen MR) is 87.2 cm³/mol. The second-order valence-electron chi connectivity index (χ2n) is 5.49. The van der Waals surface area contributed by atoms with Gasteiger partial charge >= 0.3 is 0 Å². The van der Waals surface area contributed by atoms with Gasteiger partial charge in [-0.15, -0.1) is 0 Å². The molecule has 120 valence electrons. The molecular weight excluding hydrogens is 292 g/mol. The summed E-state index contributed by atoms with van der Waals surface area (Å²) in [5, 5.41) is 7.68. The highest BCUT2D eigenvalue weighted by Gasteiger charge is 2.31. The van der Waals surface area contributed by atoms with Crippen LogP contribution in [-0.2, 0) is 0 Å². The Kier molecular flexibility index (Phi) is 4.45. The molecule has 0 radical (unpaired) electrons. The molecule has 1 saturated carbocycles. The molecule has 0 saturated heterocycles. The molecule has 7 nitrogen and oxygen atoms in total. The first-order valence-corrected chi connectivity index (χ1v) is 7.83. The molecule has 3 aromatic rings. The van der Waals surface area contributed by atoms with Crippen molar-refractivity contribution in [2.45, 2.75) is 39.0 Å². The van der Waals surface area contributed by atoms with Gasteiger partial charge in [0.1, 0.15) is 11.9 Å². The van der Waals surface area contributed by atoms with E-state index in [1.165, 1.54) is 12.7 Å². The summed E-state index contributed by atoms with van der Waals surface area (Å²) in [5.74, 6) is 1.55. The Morgan fingerprint density at radius 1 is 1.17 bits per heavy atom. The molecule has 0 bridgehead atoms. The highest BCUT2D eigenvalue weighted by molar-refractivity contribution is 5.76. The van der Waals surface area contributed by atoms with Gasteiger partial charge < -0.3 is 4.74 Å². The summed E-state index contributed by atoms with van der Waals surface area (Å²) in [7, 11) is 1.59. The van der Waals surface area contributed by atoms with Crippen LogP contribution in [0.2, 0.25) is 0 Å². The zero-order valence-electron chi connectivity index (χ0n) is 13.6. The van der Waals surface area contributed by atoms with Crippen molar-refractivity contribution in [3.63, 3.8) is 0 Å². The van der Waals surface area contributed by atoms with Crippen molar-refractivity contribution in [3.8, 4) is 17.3 Å². The van der Waals surface area contributed by atoms with E-state index < -0.39 is 0 Å². The van der Waals surface area contributed by atoms with E-state index in [2.05, 4.69) is 44.0 Å². The number of aromatic amines is 1. The van der Waals surface area contributed by atoms with Crippen LogP contribution in [0.5, 0.6) is 5.88 Å². The maximum Gasteiger partial charge on any atom is 0.227 e. The maximum absolute atomic E-state index is 5.35. The molecule has 1 aliphatic carbocycles. The van der Waals surface area contributed by atoms with Gasteiger partial charge in [-0.1, -0.05) is 20.3 Å². The van der Waals surface area contributed by atoms with Crippen LogP contribution in [0.4, 0.5) is 0 Å². The van der Waals surface area contributed by atoms with Gasteiger partial charge in [-0.2, -0.15) is 5.10 Å². The largest absolute Gasteiger partial charge is 0.480 e. The molecule has 0 aromatic carbocycles. The third-order valence-electron chi connectivity index (χ3n) is 3.41. The van der Waals surface area contributed by atoms with Gasteiger partial charge in [0.05, 0.1) is 24.4 Å². The van der Waals surface area contributed by atoms with Crippen molar-refractivity contribution in [2.24, 2.45) is 0 Å². The van der Waals surface area contributed by atoms with Gasteiger partial charge in [0, 0.05) is 12.1 Å². The quantitative estimate of drug-likeness (QED) is 0.799. The van der Waals surface area contributed by atoms with E-state index >= 15 is 0 Å². The van der Waals surface area contributed by atoms with Crippen LogP contribution in [0.15, 0.2) is 18.7 Å². The molecule has 1 N–H and O–H groups in total. The second kappa shape index (κ2) is 6.68. The van der Waals surface area contributed by atoms with Crippen LogP contribution in [0, 0.1) is 0 Å². The molecule has 7 heteroatoms. The van der Waals surface area contributed by atoms with Crippen molar-refractivity contribution in [1.82, 2.24) is 30.1 Å². The summed E-state index contributed by atoms with van der Waals surface area (Å²) in [6.45, 7) is 4.25. The first kappa shape index (κ1) is 15.3. The molecule has 1 fully saturated rings. The van der Waals surface area contributed by atoms with E-state index in [1.54, 1.807) is 19.5 Å². The first-order chi connectivity index (χ1) is 11.3. The van der Waals surface area contributed by atoms with Crippen LogP contribution in [0.25, 0.3) is 22.4 Å². The Balaban J connectivity index is 0.000000485. The Hall–Kier alpha value is -2.57. The lowest BCUT2D eigenvalue weighted by Gasteiger charge is -2.10. The van der Waals surface area contributed by atoms with E-state index in [4.69, 9.17) is 4.74 Å². The highest BCUT2D eigenvalue weighted by Crippen LogP contribution is 2.44. The van der Waals surface area contributed by atoms with E-state index in [-0.39, 0.29) is 0 Å². The van der Waals surface area contributed by atoms with Crippen molar-refractivity contribution >= 4 is 11.0 Å². The minimum absolute atomic E-state index is 0.461. The average Bonchev–Trinajstić information content (AvgIpc) is 3.32. The molecule has 3 heterocycles. The zero-order chi connectivity index (χ0) is 16.2. The fourth-order valence-electron chi connectivity index (χ4n) is 2.27. The lowest BCUT2D eigenvalue weighted by molar-refractivity contribution is 0.397. The normalized spacial score (nSPS) is 13.5. The number of ether oxygens (including phenoxy) is 1. The van der Waals surface area contributed by atoms with Crippen molar-refractivity contribution in [2.75, 3.05) is 7.11 Å². The van der Waals surface area contributed by atoms with E-state index in [1.807, 2.05) is 0 Å². The van der Waals surface area contributed by atoms with Crippen LogP contribution in [0.3, 0.4) is 0 Å². The molecule has 0 unspecified atom stereocenters. The molecule has 0 atom stereocenters. The average molecular weight is 312 g/mol. The lowest BCUT2D eigenvalue weighted by atomic mass is 10.1.